The van der Waals surface area contributed by atoms with E-state index >= 15 is 0 Å². The van der Waals surface area contributed by atoms with Crippen LogP contribution in [0.3, 0.4) is 0 Å². The molecule has 4 heteroatoms. The molecule has 1 unspecified atom stereocenters. The molecule has 1 amide bonds. The molecule has 13 heavy (non-hydrogen) atoms. The Kier molecular flexibility index (Phi) is 4.06. The van der Waals surface area contributed by atoms with Gasteiger partial charge < -0.3 is 10.2 Å². The molecule has 0 aromatic heterocycles. The van der Waals surface area contributed by atoms with E-state index in [1.54, 1.807) is 0 Å². The quantitative estimate of drug-likeness (QED) is 0.651. The van der Waals surface area contributed by atoms with E-state index in [1.807, 2.05) is 4.90 Å². The predicted octanol–water partition coefficient (Wildman–Crippen LogP) is 0.515. The maximum atomic E-state index is 11.3. The van der Waals surface area contributed by atoms with Crippen molar-refractivity contribution in [3.8, 4) is 0 Å². The van der Waals surface area contributed by atoms with E-state index in [1.165, 1.54) is 0 Å². The van der Waals surface area contributed by atoms with Gasteiger partial charge in [0.05, 0.1) is 0 Å². The van der Waals surface area contributed by atoms with Crippen LogP contribution in [0.1, 0.15) is 20.3 Å². The monoisotopic (exact) mass is 202 g/mol. The van der Waals surface area contributed by atoms with Gasteiger partial charge in [0.25, 0.3) is 0 Å². The third kappa shape index (κ3) is 3.56. The molecule has 0 radical (unpaired) electrons. The maximum Gasteiger partial charge on any atom is 0.223 e. The molecule has 1 heterocycles. The van der Waals surface area contributed by atoms with E-state index in [4.69, 9.17) is 0 Å². The summed E-state index contributed by atoms with van der Waals surface area (Å²) in [6.07, 6.45) is 0.602. The Labute approximate surface area is 85.3 Å². The fraction of sp³-hybridized carbons (Fsp3) is 0.889. The third-order valence-electron chi connectivity index (χ3n) is 2.13. The van der Waals surface area contributed by atoms with Gasteiger partial charge in [0.15, 0.2) is 0 Å². The van der Waals surface area contributed by atoms with Gasteiger partial charge >= 0.3 is 0 Å². The van der Waals surface area contributed by atoms with Crippen LogP contribution in [-0.2, 0) is 4.79 Å². The zero-order chi connectivity index (χ0) is 9.84. The van der Waals surface area contributed by atoms with Gasteiger partial charge in [-0.05, 0) is 0 Å². The lowest BCUT2D eigenvalue weighted by Crippen LogP contribution is -2.35. The highest BCUT2D eigenvalue weighted by Gasteiger charge is 2.26. The second-order valence-electron chi connectivity index (χ2n) is 3.81. The number of nitrogens with one attached hydrogen (secondary N) is 1. The molecule has 1 atom stereocenters. The Bertz CT molecular complexity index is 184. The first-order valence-corrected chi connectivity index (χ1v) is 5.30. The summed E-state index contributed by atoms with van der Waals surface area (Å²) in [6, 6.07) is 0.490. The molecule has 1 fully saturated rings. The lowest BCUT2D eigenvalue weighted by atomic mass is 10.4. The Morgan fingerprint density at radius 3 is 2.85 bits per heavy atom. The number of hydrogen-bond acceptors (Lipinski definition) is 3. The minimum Gasteiger partial charge on any atom is -0.340 e. The van der Waals surface area contributed by atoms with E-state index in [9.17, 15) is 4.79 Å². The number of thiol groups is 1. The first kappa shape index (κ1) is 10.9. The van der Waals surface area contributed by atoms with Gasteiger partial charge in [-0.2, -0.15) is 12.6 Å². The van der Waals surface area contributed by atoms with E-state index < -0.39 is 0 Å². The second kappa shape index (κ2) is 4.86. The Hall–Kier alpha value is -0.220. The van der Waals surface area contributed by atoms with E-state index in [0.717, 1.165) is 19.6 Å². The van der Waals surface area contributed by atoms with Crippen molar-refractivity contribution in [3.63, 3.8) is 0 Å². The molecule has 0 aliphatic carbocycles. The average molecular weight is 202 g/mol. The first-order chi connectivity index (χ1) is 6.09. The van der Waals surface area contributed by atoms with Gasteiger partial charge in [-0.15, -0.1) is 0 Å². The van der Waals surface area contributed by atoms with Gasteiger partial charge in [-0.1, -0.05) is 13.8 Å². The minimum atomic E-state index is 0.241. The molecule has 1 N–H and O–H groups in total. The topological polar surface area (TPSA) is 32.3 Å². The summed E-state index contributed by atoms with van der Waals surface area (Å²) in [5, 5.41) is 3.53. The van der Waals surface area contributed by atoms with Gasteiger partial charge in [-0.25, -0.2) is 0 Å². The molecule has 0 saturated carbocycles. The van der Waals surface area contributed by atoms with Crippen molar-refractivity contribution in [1.82, 2.24) is 10.2 Å². The van der Waals surface area contributed by atoms with Crippen LogP contribution in [0.4, 0.5) is 0 Å². The molecule has 1 rings (SSSR count). The average Bonchev–Trinajstić information content (AvgIpc) is 2.29. The number of carbonyl (C=O) groups is 1. The van der Waals surface area contributed by atoms with Crippen molar-refractivity contribution < 1.29 is 4.79 Å². The number of carbonyl (C=O) groups excluding carboxylic acids is 1. The molecule has 1 aliphatic rings. The van der Waals surface area contributed by atoms with Crippen molar-refractivity contribution >= 4 is 18.5 Å². The molecule has 76 valence electrons. The first-order valence-electron chi connectivity index (χ1n) is 4.79. The van der Waals surface area contributed by atoms with Crippen molar-refractivity contribution in [1.29, 1.82) is 0 Å². The zero-order valence-electron chi connectivity index (χ0n) is 8.29. The Balaban J connectivity index is 2.18. The van der Waals surface area contributed by atoms with Crippen LogP contribution in [0.5, 0.6) is 0 Å². The van der Waals surface area contributed by atoms with Crippen molar-refractivity contribution in [3.05, 3.63) is 0 Å². The molecule has 1 saturated heterocycles. The highest BCUT2D eigenvalue weighted by atomic mass is 32.1. The third-order valence-corrected chi connectivity index (χ3v) is 2.47. The number of rotatable bonds is 4. The fourth-order valence-electron chi connectivity index (χ4n) is 1.46. The van der Waals surface area contributed by atoms with Gasteiger partial charge in [0.2, 0.25) is 5.91 Å². The second-order valence-corrected chi connectivity index (χ2v) is 4.54. The standard InChI is InChI=1S/C9H18N2OS/c1-7(2)10-3-4-11-6-8(13)5-9(11)12/h7-8,10,13H,3-6H2,1-2H3. The van der Waals surface area contributed by atoms with Crippen LogP contribution in [0.25, 0.3) is 0 Å². The summed E-state index contributed by atoms with van der Waals surface area (Å²) >= 11 is 4.29. The zero-order valence-corrected chi connectivity index (χ0v) is 9.18. The van der Waals surface area contributed by atoms with E-state index in [2.05, 4.69) is 31.8 Å². The van der Waals surface area contributed by atoms with Gasteiger partial charge in [-0.3, -0.25) is 4.79 Å². The molecule has 0 spiro atoms. The minimum absolute atomic E-state index is 0.241. The van der Waals surface area contributed by atoms with E-state index in [0.29, 0.717) is 12.5 Å². The number of amides is 1. The SMILES string of the molecule is CC(C)NCCN1CC(S)CC1=O. The van der Waals surface area contributed by atoms with Crippen LogP contribution in [0.15, 0.2) is 0 Å². The molecular weight excluding hydrogens is 184 g/mol. The summed E-state index contributed by atoms with van der Waals surface area (Å²) in [7, 11) is 0. The lowest BCUT2D eigenvalue weighted by molar-refractivity contribution is -0.127. The van der Waals surface area contributed by atoms with Crippen LogP contribution in [0, 0.1) is 0 Å². The lowest BCUT2D eigenvalue weighted by Gasteiger charge is -2.17. The number of nitrogens with zero attached hydrogens (tertiary/aromatic N) is 1. The van der Waals surface area contributed by atoms with Crippen molar-refractivity contribution in [2.45, 2.75) is 31.6 Å². The molecule has 1 aliphatic heterocycles. The smallest absolute Gasteiger partial charge is 0.223 e. The highest BCUT2D eigenvalue weighted by molar-refractivity contribution is 7.81. The normalized spacial score (nSPS) is 23.2. The number of hydrogen-bond donors (Lipinski definition) is 2. The summed E-state index contributed by atoms with van der Waals surface area (Å²) in [4.78, 5) is 13.2. The van der Waals surface area contributed by atoms with Gasteiger partial charge in [0.1, 0.15) is 0 Å². The van der Waals surface area contributed by atoms with Gasteiger partial charge in [0, 0.05) is 37.3 Å². The molecule has 0 aromatic rings. The summed E-state index contributed by atoms with van der Waals surface area (Å²) in [5.74, 6) is 0.241. The van der Waals surface area contributed by atoms with Crippen molar-refractivity contribution in [2.24, 2.45) is 0 Å². The fourth-order valence-corrected chi connectivity index (χ4v) is 1.81. The summed E-state index contributed by atoms with van der Waals surface area (Å²) in [6.45, 7) is 6.71. The van der Waals surface area contributed by atoms with Crippen LogP contribution in [0.2, 0.25) is 0 Å². The maximum absolute atomic E-state index is 11.3. The highest BCUT2D eigenvalue weighted by Crippen LogP contribution is 2.14. The summed E-state index contributed by atoms with van der Waals surface area (Å²) in [5.41, 5.74) is 0. The number of likely N-dealkylation sites (tertiary alicyclic amines) is 1. The molecular formula is C9H18N2OS. The van der Waals surface area contributed by atoms with Crippen molar-refractivity contribution in [2.75, 3.05) is 19.6 Å². The van der Waals surface area contributed by atoms with Crippen LogP contribution >= 0.6 is 12.6 Å². The predicted molar refractivity (Wildman–Crippen MR) is 57.1 cm³/mol. The van der Waals surface area contributed by atoms with Crippen LogP contribution in [-0.4, -0.2) is 41.7 Å². The summed E-state index contributed by atoms with van der Waals surface area (Å²) < 4.78 is 0. The van der Waals surface area contributed by atoms with E-state index in [-0.39, 0.29) is 11.2 Å². The molecule has 0 bridgehead atoms. The Morgan fingerprint density at radius 2 is 2.38 bits per heavy atom. The Morgan fingerprint density at radius 1 is 1.69 bits per heavy atom. The molecule has 0 aromatic carbocycles. The van der Waals surface area contributed by atoms with Crippen LogP contribution < -0.4 is 5.32 Å². The molecule has 3 nitrogen and oxygen atoms in total. The largest absolute Gasteiger partial charge is 0.340 e.